The van der Waals surface area contributed by atoms with Crippen LogP contribution in [0.2, 0.25) is 0 Å². The fourth-order valence-electron chi connectivity index (χ4n) is 4.12. The topological polar surface area (TPSA) is 60.3 Å². The smallest absolute Gasteiger partial charge is 0.214 e. The first-order chi connectivity index (χ1) is 14.7. The Morgan fingerprint density at radius 1 is 1.13 bits per heavy atom. The summed E-state index contributed by atoms with van der Waals surface area (Å²) in [5.74, 6) is 0.855. The molecule has 0 spiro atoms. The van der Waals surface area contributed by atoms with Crippen molar-refractivity contribution in [3.8, 4) is 16.9 Å². The summed E-state index contributed by atoms with van der Waals surface area (Å²) in [5, 5.41) is 1.03. The van der Waals surface area contributed by atoms with E-state index in [9.17, 15) is 8.42 Å². The van der Waals surface area contributed by atoms with Crippen LogP contribution in [-0.4, -0.2) is 31.9 Å². The molecule has 5 nitrogen and oxygen atoms in total. The van der Waals surface area contributed by atoms with E-state index in [1.54, 1.807) is 7.11 Å². The fraction of sp³-hybridized carbons (Fsp3) is 0.440. The van der Waals surface area contributed by atoms with Gasteiger partial charge in [0.05, 0.1) is 12.4 Å². The molecule has 1 heterocycles. The number of para-hydroxylation sites is 1. The van der Waals surface area contributed by atoms with Crippen molar-refractivity contribution in [3.05, 3.63) is 54.2 Å². The number of sulfonamides is 1. The van der Waals surface area contributed by atoms with E-state index >= 15 is 0 Å². The molecule has 0 amide bonds. The van der Waals surface area contributed by atoms with Gasteiger partial charge in [-0.3, -0.25) is 0 Å². The summed E-state index contributed by atoms with van der Waals surface area (Å²) < 4.78 is 34.9. The second-order valence-corrected chi connectivity index (χ2v) is 11.7. The average Bonchev–Trinajstić information content (AvgIpc) is 3.53. The van der Waals surface area contributed by atoms with Crippen molar-refractivity contribution in [1.29, 1.82) is 0 Å². The summed E-state index contributed by atoms with van der Waals surface area (Å²) >= 11 is 0. The maximum Gasteiger partial charge on any atom is 0.214 e. The molecule has 1 aliphatic carbocycles. The number of hydrogen-bond acceptors (Lipinski definition) is 3. The number of nitrogens with zero attached hydrogens (tertiary/aromatic N) is 1. The van der Waals surface area contributed by atoms with Crippen LogP contribution < -0.4 is 9.46 Å². The van der Waals surface area contributed by atoms with Gasteiger partial charge in [0.15, 0.2) is 0 Å². The number of fused-ring (bicyclic) bond motifs is 1. The number of hydrogen-bond donors (Lipinski definition) is 1. The van der Waals surface area contributed by atoms with Gasteiger partial charge in [-0.25, -0.2) is 13.1 Å². The van der Waals surface area contributed by atoms with Gasteiger partial charge in [0.25, 0.3) is 0 Å². The van der Waals surface area contributed by atoms with Crippen molar-refractivity contribution < 1.29 is 13.2 Å². The predicted molar refractivity (Wildman–Crippen MR) is 127 cm³/mol. The molecule has 0 saturated heterocycles. The minimum atomic E-state index is -3.16. The monoisotopic (exact) mass is 440 g/mol. The maximum absolute atomic E-state index is 12.2. The van der Waals surface area contributed by atoms with Crippen molar-refractivity contribution in [1.82, 2.24) is 9.29 Å². The van der Waals surface area contributed by atoms with Crippen molar-refractivity contribution in [2.24, 2.45) is 5.41 Å². The number of ether oxygens (including phenoxy) is 1. The number of nitrogens with one attached hydrogen (secondary N) is 1. The molecular formula is C25H32N2O3S. The zero-order chi connectivity index (χ0) is 22.2. The van der Waals surface area contributed by atoms with Gasteiger partial charge in [0.1, 0.15) is 5.75 Å². The van der Waals surface area contributed by atoms with Gasteiger partial charge in [-0.05, 0) is 54.0 Å². The molecule has 1 saturated carbocycles. The lowest BCUT2D eigenvalue weighted by Gasteiger charge is -2.17. The summed E-state index contributed by atoms with van der Waals surface area (Å²) in [6.45, 7) is 7.74. The van der Waals surface area contributed by atoms with Crippen LogP contribution in [0.25, 0.3) is 22.0 Å². The largest absolute Gasteiger partial charge is 0.496 e. The maximum atomic E-state index is 12.2. The molecule has 2 aromatic carbocycles. The number of aromatic nitrogens is 1. The Hall–Kier alpha value is -2.31. The highest BCUT2D eigenvalue weighted by molar-refractivity contribution is 7.90. The zero-order valence-electron chi connectivity index (χ0n) is 18.8. The molecule has 0 aliphatic heterocycles. The first kappa shape index (κ1) is 21.9. The Morgan fingerprint density at radius 3 is 2.55 bits per heavy atom. The molecule has 0 unspecified atom stereocenters. The van der Waals surface area contributed by atoms with Crippen molar-refractivity contribution in [2.45, 2.75) is 51.8 Å². The fourth-order valence-corrected chi connectivity index (χ4v) is 5.49. The second-order valence-electron chi connectivity index (χ2n) is 9.66. The Kier molecular flexibility index (Phi) is 5.88. The van der Waals surface area contributed by atoms with Crippen LogP contribution in [0.3, 0.4) is 0 Å². The van der Waals surface area contributed by atoms with Crippen LogP contribution in [0.5, 0.6) is 5.75 Å². The van der Waals surface area contributed by atoms with E-state index in [1.807, 2.05) is 18.2 Å². The average molecular weight is 441 g/mol. The molecule has 1 aromatic heterocycles. The van der Waals surface area contributed by atoms with E-state index in [0.717, 1.165) is 41.7 Å². The molecule has 0 radical (unpaired) electrons. The minimum absolute atomic E-state index is 0.146. The summed E-state index contributed by atoms with van der Waals surface area (Å²) in [5.41, 5.74) is 4.74. The highest BCUT2D eigenvalue weighted by Crippen LogP contribution is 2.35. The first-order valence-electron chi connectivity index (χ1n) is 10.9. The first-order valence-corrected chi connectivity index (χ1v) is 12.5. The van der Waals surface area contributed by atoms with Crippen LogP contribution in [0.4, 0.5) is 0 Å². The number of benzene rings is 2. The molecule has 1 aliphatic rings. The third-order valence-electron chi connectivity index (χ3n) is 5.72. The van der Waals surface area contributed by atoms with E-state index in [1.165, 1.54) is 10.9 Å². The molecule has 3 aromatic rings. The van der Waals surface area contributed by atoms with Crippen molar-refractivity contribution >= 4 is 20.9 Å². The lowest BCUT2D eigenvalue weighted by atomic mass is 9.87. The quantitative estimate of drug-likeness (QED) is 0.537. The van der Waals surface area contributed by atoms with Crippen LogP contribution >= 0.6 is 0 Å². The molecule has 0 bridgehead atoms. The van der Waals surface area contributed by atoms with Gasteiger partial charge in [-0.1, -0.05) is 45.0 Å². The molecule has 1 N–H and O–H groups in total. The summed E-state index contributed by atoms with van der Waals surface area (Å²) in [7, 11) is -1.46. The molecule has 31 heavy (non-hydrogen) atoms. The minimum Gasteiger partial charge on any atom is -0.496 e. The zero-order valence-corrected chi connectivity index (χ0v) is 19.6. The van der Waals surface area contributed by atoms with Crippen LogP contribution in [-0.2, 0) is 23.0 Å². The molecule has 4 rings (SSSR count). The third kappa shape index (κ3) is 4.96. The highest BCUT2D eigenvalue weighted by atomic mass is 32.2. The third-order valence-corrected chi connectivity index (χ3v) is 7.68. The summed E-state index contributed by atoms with van der Waals surface area (Å²) in [6, 6.07) is 14.5. The SMILES string of the molecule is COc1ccccc1-c1ccc2c(c1)c(CC(C)(C)C)cn2CCNS(=O)(=O)C1CC1. The van der Waals surface area contributed by atoms with E-state index in [0.29, 0.717) is 13.1 Å². The van der Waals surface area contributed by atoms with Gasteiger partial charge in [0.2, 0.25) is 10.0 Å². The lowest BCUT2D eigenvalue weighted by molar-refractivity contribution is 0.412. The Bertz CT molecular complexity index is 1190. The molecule has 166 valence electrons. The Balaban J connectivity index is 1.68. The van der Waals surface area contributed by atoms with E-state index < -0.39 is 10.0 Å². The molecule has 6 heteroatoms. The standard InChI is InChI=1S/C25H32N2O3S/c1-25(2,3)16-19-17-27(14-13-26-31(28,29)20-10-11-20)23-12-9-18(15-22(19)23)21-7-5-6-8-24(21)30-4/h5-9,12,15,17,20,26H,10-11,13-14,16H2,1-4H3. The van der Waals surface area contributed by atoms with E-state index in [-0.39, 0.29) is 10.7 Å². The summed E-state index contributed by atoms with van der Waals surface area (Å²) in [4.78, 5) is 0. The van der Waals surface area contributed by atoms with Crippen LogP contribution in [0.15, 0.2) is 48.7 Å². The van der Waals surface area contributed by atoms with Gasteiger partial charge < -0.3 is 9.30 Å². The lowest BCUT2D eigenvalue weighted by Crippen LogP contribution is -2.30. The van der Waals surface area contributed by atoms with Gasteiger partial charge in [-0.15, -0.1) is 0 Å². The normalized spacial score (nSPS) is 14.8. The van der Waals surface area contributed by atoms with Crippen LogP contribution in [0, 0.1) is 5.41 Å². The highest BCUT2D eigenvalue weighted by Gasteiger charge is 2.35. The Morgan fingerprint density at radius 2 is 1.87 bits per heavy atom. The molecular weight excluding hydrogens is 408 g/mol. The number of rotatable bonds is 8. The van der Waals surface area contributed by atoms with E-state index in [2.05, 4.69) is 60.5 Å². The summed E-state index contributed by atoms with van der Waals surface area (Å²) in [6.07, 6.45) is 4.69. The van der Waals surface area contributed by atoms with Crippen LogP contribution in [0.1, 0.15) is 39.2 Å². The van der Waals surface area contributed by atoms with Crippen molar-refractivity contribution in [3.63, 3.8) is 0 Å². The predicted octanol–water partition coefficient (Wildman–Crippen LogP) is 4.99. The van der Waals surface area contributed by atoms with Gasteiger partial charge in [-0.2, -0.15) is 0 Å². The Labute approximate surface area is 185 Å². The second kappa shape index (κ2) is 8.32. The van der Waals surface area contributed by atoms with Gasteiger partial charge >= 0.3 is 0 Å². The molecule has 1 fully saturated rings. The molecule has 0 atom stereocenters. The van der Waals surface area contributed by atoms with Crippen molar-refractivity contribution in [2.75, 3.05) is 13.7 Å². The number of methoxy groups -OCH3 is 1. The van der Waals surface area contributed by atoms with E-state index in [4.69, 9.17) is 4.74 Å². The van der Waals surface area contributed by atoms with Gasteiger partial charge in [0, 0.05) is 35.8 Å².